The first-order chi connectivity index (χ1) is 22.3. The van der Waals surface area contributed by atoms with Crippen LogP contribution in [0.4, 0.5) is 0 Å². The number of allylic oxidation sites excluding steroid dienone is 1. The second-order valence-electron chi connectivity index (χ2n) is 11.5. The standard InChI is InChI=1S/C20H42O4.C14H30O4.C4H8/c1-6-10-11-12-13-14-16-19(17-15-18-21-5)20(22-7-2,23-8-3)24-9-4;1-6-7-8-9-10-11-12-13(15-2)14(16-3,17-4)18-5;1-3-4-2/h19H,6-18H2,1-5H3;13H,6-12H2,1-5H3;3H,1,4H2,2H3. The van der Waals surface area contributed by atoms with Gasteiger partial charge in [-0.3, -0.25) is 0 Å². The van der Waals surface area contributed by atoms with E-state index in [1.54, 1.807) is 35.5 Å². The molecule has 0 saturated carbocycles. The van der Waals surface area contributed by atoms with Crippen molar-refractivity contribution < 1.29 is 37.9 Å². The quantitative estimate of drug-likeness (QED) is 0.0412. The molecular formula is C38H80O8. The smallest absolute Gasteiger partial charge is 0.310 e. The molecule has 0 spiro atoms. The molecule has 0 saturated heterocycles. The maximum atomic E-state index is 6.01. The van der Waals surface area contributed by atoms with Crippen LogP contribution in [0.25, 0.3) is 0 Å². The Hall–Kier alpha value is -0.580. The highest BCUT2D eigenvalue weighted by Gasteiger charge is 2.41. The summed E-state index contributed by atoms with van der Waals surface area (Å²) in [6.07, 6.45) is 22.0. The van der Waals surface area contributed by atoms with E-state index in [9.17, 15) is 0 Å². The molecule has 280 valence electrons. The molecule has 46 heavy (non-hydrogen) atoms. The summed E-state index contributed by atoms with van der Waals surface area (Å²) >= 11 is 0. The van der Waals surface area contributed by atoms with Crippen molar-refractivity contribution in [2.75, 3.05) is 62.0 Å². The maximum Gasteiger partial charge on any atom is 0.310 e. The van der Waals surface area contributed by atoms with Gasteiger partial charge < -0.3 is 37.9 Å². The van der Waals surface area contributed by atoms with E-state index in [1.807, 2.05) is 26.8 Å². The highest BCUT2D eigenvalue weighted by Crippen LogP contribution is 2.34. The molecule has 0 bridgehead atoms. The van der Waals surface area contributed by atoms with Gasteiger partial charge in [0.2, 0.25) is 0 Å². The van der Waals surface area contributed by atoms with Crippen LogP contribution in [0.1, 0.15) is 151 Å². The fraction of sp³-hybridized carbons (Fsp3) is 0.947. The molecule has 0 aromatic rings. The van der Waals surface area contributed by atoms with Crippen LogP contribution in [0.3, 0.4) is 0 Å². The summed E-state index contributed by atoms with van der Waals surface area (Å²) in [5.41, 5.74) is 0. The highest BCUT2D eigenvalue weighted by molar-refractivity contribution is 4.73. The van der Waals surface area contributed by atoms with Gasteiger partial charge in [0.1, 0.15) is 6.10 Å². The normalized spacial score (nSPS) is 12.9. The lowest BCUT2D eigenvalue weighted by Crippen LogP contribution is -2.48. The first-order valence-electron chi connectivity index (χ1n) is 18.5. The molecule has 0 radical (unpaired) electrons. The summed E-state index contributed by atoms with van der Waals surface area (Å²) < 4.78 is 44.7. The van der Waals surface area contributed by atoms with E-state index in [2.05, 4.69) is 27.4 Å². The van der Waals surface area contributed by atoms with Gasteiger partial charge in [0, 0.05) is 67.9 Å². The van der Waals surface area contributed by atoms with Crippen LogP contribution < -0.4 is 0 Å². The summed E-state index contributed by atoms with van der Waals surface area (Å²) in [6.45, 7) is 18.6. The summed E-state index contributed by atoms with van der Waals surface area (Å²) in [5, 5.41) is 0. The second kappa shape index (κ2) is 37.2. The fourth-order valence-electron chi connectivity index (χ4n) is 5.42. The summed E-state index contributed by atoms with van der Waals surface area (Å²) in [6, 6.07) is 0. The maximum absolute atomic E-state index is 6.01. The molecule has 8 heteroatoms. The zero-order valence-corrected chi connectivity index (χ0v) is 32.6. The first-order valence-corrected chi connectivity index (χ1v) is 18.5. The lowest BCUT2D eigenvalue weighted by Gasteiger charge is -2.39. The third-order valence-corrected chi connectivity index (χ3v) is 7.98. The number of rotatable bonds is 31. The van der Waals surface area contributed by atoms with Crippen molar-refractivity contribution in [3.63, 3.8) is 0 Å². The minimum absolute atomic E-state index is 0.205. The number of hydrogen-bond donors (Lipinski definition) is 0. The van der Waals surface area contributed by atoms with Crippen molar-refractivity contribution in [3.8, 4) is 0 Å². The minimum Gasteiger partial charge on any atom is -0.385 e. The number of hydrogen-bond acceptors (Lipinski definition) is 8. The van der Waals surface area contributed by atoms with Gasteiger partial charge in [-0.15, -0.1) is 6.58 Å². The van der Waals surface area contributed by atoms with Gasteiger partial charge in [0.15, 0.2) is 0 Å². The lowest BCUT2D eigenvalue weighted by atomic mass is 9.93. The fourth-order valence-corrected chi connectivity index (χ4v) is 5.42. The van der Waals surface area contributed by atoms with Crippen LogP contribution in [0.2, 0.25) is 0 Å². The summed E-state index contributed by atoms with van der Waals surface area (Å²) in [5.74, 6) is -1.73. The van der Waals surface area contributed by atoms with Crippen molar-refractivity contribution >= 4 is 0 Å². The Balaban J connectivity index is -0.000000741. The Kier molecular flexibility index (Phi) is 40.3. The van der Waals surface area contributed by atoms with Crippen LogP contribution in [-0.2, 0) is 37.9 Å². The monoisotopic (exact) mass is 665 g/mol. The van der Waals surface area contributed by atoms with Crippen LogP contribution in [0.15, 0.2) is 12.7 Å². The van der Waals surface area contributed by atoms with Gasteiger partial charge in [-0.25, -0.2) is 0 Å². The van der Waals surface area contributed by atoms with Gasteiger partial charge in [-0.05, 0) is 52.9 Å². The Bertz CT molecular complexity index is 560. The summed E-state index contributed by atoms with van der Waals surface area (Å²) in [4.78, 5) is 0. The van der Waals surface area contributed by atoms with Crippen molar-refractivity contribution in [1.29, 1.82) is 0 Å². The second-order valence-corrected chi connectivity index (χ2v) is 11.5. The van der Waals surface area contributed by atoms with E-state index in [1.165, 1.54) is 70.6 Å². The molecule has 0 amide bonds. The van der Waals surface area contributed by atoms with E-state index in [0.29, 0.717) is 19.8 Å². The average Bonchev–Trinajstić information content (AvgIpc) is 3.07. The molecule has 0 aliphatic heterocycles. The molecule has 0 rings (SSSR count). The van der Waals surface area contributed by atoms with Crippen LogP contribution >= 0.6 is 0 Å². The van der Waals surface area contributed by atoms with E-state index < -0.39 is 11.9 Å². The third-order valence-electron chi connectivity index (χ3n) is 7.98. The molecule has 0 aromatic heterocycles. The van der Waals surface area contributed by atoms with Gasteiger partial charge in [0.25, 0.3) is 5.97 Å². The molecule has 8 nitrogen and oxygen atoms in total. The molecule has 0 aliphatic rings. The first kappa shape index (κ1) is 49.8. The van der Waals surface area contributed by atoms with E-state index in [4.69, 9.17) is 37.9 Å². The zero-order valence-electron chi connectivity index (χ0n) is 32.6. The molecular weight excluding hydrogens is 584 g/mol. The van der Waals surface area contributed by atoms with Crippen LogP contribution in [0, 0.1) is 5.92 Å². The predicted molar refractivity (Wildman–Crippen MR) is 193 cm³/mol. The molecule has 2 atom stereocenters. The minimum atomic E-state index is -1.09. The zero-order chi connectivity index (χ0) is 35.4. The molecule has 0 N–H and O–H groups in total. The number of methoxy groups -OCH3 is 5. The Labute approximate surface area is 286 Å². The van der Waals surface area contributed by atoms with Crippen molar-refractivity contribution in [1.82, 2.24) is 0 Å². The van der Waals surface area contributed by atoms with Gasteiger partial charge in [0.05, 0.1) is 0 Å². The highest BCUT2D eigenvalue weighted by atomic mass is 16.9. The Morgan fingerprint density at radius 1 is 0.522 bits per heavy atom. The summed E-state index contributed by atoms with van der Waals surface area (Å²) in [7, 11) is 8.12. The van der Waals surface area contributed by atoms with E-state index >= 15 is 0 Å². The lowest BCUT2D eigenvalue weighted by molar-refractivity contribution is -0.403. The molecule has 0 fully saturated rings. The van der Waals surface area contributed by atoms with Crippen molar-refractivity contribution in [2.45, 2.75) is 169 Å². The Morgan fingerprint density at radius 2 is 0.913 bits per heavy atom. The van der Waals surface area contributed by atoms with Gasteiger partial charge in [-0.2, -0.15) is 0 Å². The number of unbranched alkanes of at least 4 members (excludes halogenated alkanes) is 10. The van der Waals surface area contributed by atoms with Gasteiger partial charge in [-0.1, -0.05) is 104 Å². The predicted octanol–water partition coefficient (Wildman–Crippen LogP) is 10.5. The molecule has 0 aromatic carbocycles. The van der Waals surface area contributed by atoms with Gasteiger partial charge >= 0.3 is 5.97 Å². The third kappa shape index (κ3) is 24.5. The van der Waals surface area contributed by atoms with Crippen molar-refractivity contribution in [3.05, 3.63) is 12.7 Å². The molecule has 2 unspecified atom stereocenters. The van der Waals surface area contributed by atoms with Crippen molar-refractivity contribution in [2.24, 2.45) is 5.92 Å². The topological polar surface area (TPSA) is 73.8 Å². The van der Waals surface area contributed by atoms with E-state index in [0.717, 1.165) is 45.1 Å². The Morgan fingerprint density at radius 3 is 1.26 bits per heavy atom. The van der Waals surface area contributed by atoms with Crippen LogP contribution in [0.5, 0.6) is 0 Å². The van der Waals surface area contributed by atoms with Crippen LogP contribution in [-0.4, -0.2) is 80.0 Å². The SMILES string of the molecule is C=CCC.CCCCCCCCC(CCCOC)C(OCC)(OCC)OCC.CCCCCCCCC(OC)C(OC)(OC)OC. The molecule has 0 heterocycles. The molecule has 0 aliphatic carbocycles. The largest absolute Gasteiger partial charge is 0.385 e. The van der Waals surface area contributed by atoms with E-state index in [-0.39, 0.29) is 12.0 Å². The average molecular weight is 665 g/mol. The number of ether oxygens (including phenoxy) is 8.